The van der Waals surface area contributed by atoms with E-state index in [1.165, 1.54) is 31.8 Å². The minimum atomic E-state index is -0.197. The summed E-state index contributed by atoms with van der Waals surface area (Å²) in [7, 11) is 0. The molecule has 0 aromatic rings. The Morgan fingerprint density at radius 3 is 2.55 bits per heavy atom. The summed E-state index contributed by atoms with van der Waals surface area (Å²) < 4.78 is 5.21. The lowest BCUT2D eigenvalue weighted by Crippen LogP contribution is -2.10. The maximum Gasteiger partial charge on any atom is 0.310 e. The maximum atomic E-state index is 11.6. The molecule has 0 fully saturated rings. The number of allylic oxidation sites excluding steroid dienone is 3. The third-order valence-corrected chi connectivity index (χ3v) is 3.45. The lowest BCUT2D eigenvalue weighted by Gasteiger charge is -2.12. The van der Waals surface area contributed by atoms with Crippen molar-refractivity contribution in [3.05, 3.63) is 24.5 Å². The summed E-state index contributed by atoms with van der Waals surface area (Å²) in [6.45, 7) is 3.70. The highest BCUT2D eigenvalue weighted by Gasteiger charge is 2.13. The van der Waals surface area contributed by atoms with Crippen LogP contribution in [0.5, 0.6) is 0 Å². The van der Waals surface area contributed by atoms with Gasteiger partial charge in [0.2, 0.25) is 0 Å². The fraction of sp³-hybridized carbons (Fsp3) is 0.647. The van der Waals surface area contributed by atoms with Crippen molar-refractivity contribution in [3.8, 4) is 0 Å². The van der Waals surface area contributed by atoms with E-state index in [1.54, 1.807) is 0 Å². The Kier molecular flexibility index (Phi) is 8.68. The molecule has 0 saturated carbocycles. The summed E-state index contributed by atoms with van der Waals surface area (Å²) in [5, 5.41) is 0. The molecule has 0 aliphatic heterocycles. The highest BCUT2D eigenvalue weighted by molar-refractivity contribution is 5.91. The van der Waals surface area contributed by atoms with E-state index in [0.717, 1.165) is 25.7 Å². The molecule has 0 atom stereocenters. The van der Waals surface area contributed by atoms with E-state index in [-0.39, 0.29) is 11.8 Å². The number of unbranched alkanes of at least 4 members (excludes halogenated alkanes) is 6. The fourth-order valence-corrected chi connectivity index (χ4v) is 2.30. The molecule has 0 amide bonds. The normalized spacial score (nSPS) is 14.8. The van der Waals surface area contributed by atoms with Crippen molar-refractivity contribution < 1.29 is 14.3 Å². The van der Waals surface area contributed by atoms with Crippen molar-refractivity contribution in [1.82, 2.24) is 0 Å². The summed E-state index contributed by atoms with van der Waals surface area (Å²) in [5.74, 6) is 0.423. The van der Waals surface area contributed by atoms with Crippen molar-refractivity contribution in [3.63, 3.8) is 0 Å². The molecule has 3 heteroatoms. The zero-order valence-corrected chi connectivity index (χ0v) is 12.4. The molecule has 0 radical (unpaired) electrons. The van der Waals surface area contributed by atoms with E-state index in [4.69, 9.17) is 4.74 Å². The first kappa shape index (κ1) is 16.7. The highest BCUT2D eigenvalue weighted by Crippen LogP contribution is 2.17. The predicted molar refractivity (Wildman–Crippen MR) is 80.2 cm³/mol. The maximum absolute atomic E-state index is 11.6. The number of rotatable bonds is 10. The molecule has 0 N–H and O–H groups in total. The molecule has 0 unspecified atom stereocenters. The fourth-order valence-electron chi connectivity index (χ4n) is 2.30. The Bertz CT molecular complexity index is 355. The van der Waals surface area contributed by atoms with Gasteiger partial charge in [-0.1, -0.05) is 31.8 Å². The largest absolute Gasteiger partial charge is 0.431 e. The molecule has 1 aliphatic carbocycles. The van der Waals surface area contributed by atoms with Crippen LogP contribution < -0.4 is 0 Å². The van der Waals surface area contributed by atoms with Crippen LogP contribution in [0.25, 0.3) is 0 Å². The van der Waals surface area contributed by atoms with E-state index in [9.17, 15) is 9.59 Å². The summed E-state index contributed by atoms with van der Waals surface area (Å²) in [5.41, 5.74) is 0. The first-order valence-corrected chi connectivity index (χ1v) is 7.77. The quantitative estimate of drug-likeness (QED) is 0.336. The lowest BCUT2D eigenvalue weighted by atomic mass is 10.1. The van der Waals surface area contributed by atoms with Gasteiger partial charge in [0.25, 0.3) is 0 Å². The molecule has 1 aliphatic rings. The number of ketones is 1. The zero-order valence-electron chi connectivity index (χ0n) is 12.4. The Labute approximate surface area is 122 Å². The second kappa shape index (κ2) is 10.4. The van der Waals surface area contributed by atoms with E-state index in [1.807, 2.05) is 6.08 Å². The van der Waals surface area contributed by atoms with Crippen LogP contribution in [0, 0.1) is 0 Å². The number of hydrogen-bond acceptors (Lipinski definition) is 3. The summed E-state index contributed by atoms with van der Waals surface area (Å²) in [6.07, 6.45) is 13.9. The molecule has 0 aromatic carbocycles. The monoisotopic (exact) mass is 278 g/mol. The van der Waals surface area contributed by atoms with Gasteiger partial charge in [0.15, 0.2) is 5.78 Å². The zero-order chi connectivity index (χ0) is 14.6. The van der Waals surface area contributed by atoms with Crippen LogP contribution in [0.15, 0.2) is 24.5 Å². The van der Waals surface area contributed by atoms with Gasteiger partial charge in [-0.3, -0.25) is 9.59 Å². The number of ether oxygens (including phenoxy) is 1. The van der Waals surface area contributed by atoms with E-state index >= 15 is 0 Å². The standard InChI is InChI=1S/C17H26O3/c1-2-3-4-5-6-7-8-9-13-17(19)20-16-12-10-11-15(18)14-16/h2,14H,1,3-13H2. The molecule has 0 bridgehead atoms. The van der Waals surface area contributed by atoms with E-state index in [2.05, 4.69) is 6.58 Å². The average molecular weight is 278 g/mol. The third kappa shape index (κ3) is 7.93. The molecule has 1 rings (SSSR count). The minimum Gasteiger partial charge on any atom is -0.431 e. The number of esters is 1. The second-order valence-corrected chi connectivity index (χ2v) is 5.35. The van der Waals surface area contributed by atoms with Crippen LogP contribution >= 0.6 is 0 Å². The summed E-state index contributed by atoms with van der Waals surface area (Å²) in [4.78, 5) is 22.8. The first-order valence-electron chi connectivity index (χ1n) is 7.77. The van der Waals surface area contributed by atoms with Gasteiger partial charge in [0, 0.05) is 25.3 Å². The molecular formula is C17H26O3. The van der Waals surface area contributed by atoms with Crippen molar-refractivity contribution in [1.29, 1.82) is 0 Å². The van der Waals surface area contributed by atoms with Gasteiger partial charge < -0.3 is 4.74 Å². The third-order valence-electron chi connectivity index (χ3n) is 3.45. The van der Waals surface area contributed by atoms with Gasteiger partial charge in [-0.2, -0.15) is 0 Å². The number of carbonyl (C=O) groups is 2. The van der Waals surface area contributed by atoms with Gasteiger partial charge in [0.05, 0.1) is 0 Å². The Balaban J connectivity index is 2.00. The highest BCUT2D eigenvalue weighted by atomic mass is 16.5. The van der Waals surface area contributed by atoms with E-state index < -0.39 is 0 Å². The number of hydrogen-bond donors (Lipinski definition) is 0. The predicted octanol–water partition coefficient (Wildman–Crippen LogP) is 4.47. The van der Waals surface area contributed by atoms with Crippen LogP contribution in [0.2, 0.25) is 0 Å². The lowest BCUT2D eigenvalue weighted by molar-refractivity contribution is -0.140. The molecule has 0 spiro atoms. The second-order valence-electron chi connectivity index (χ2n) is 5.35. The average Bonchev–Trinajstić information content (AvgIpc) is 2.42. The SMILES string of the molecule is C=CCCCCCCCCC(=O)OC1=CC(=O)CCC1. The Morgan fingerprint density at radius 1 is 1.15 bits per heavy atom. The molecule has 0 heterocycles. The molecular weight excluding hydrogens is 252 g/mol. The minimum absolute atomic E-state index is 0.0681. The first-order chi connectivity index (χ1) is 9.72. The topological polar surface area (TPSA) is 43.4 Å². The van der Waals surface area contributed by atoms with Crippen molar-refractivity contribution in [2.45, 2.75) is 70.6 Å². The van der Waals surface area contributed by atoms with Gasteiger partial charge in [-0.15, -0.1) is 6.58 Å². The van der Waals surface area contributed by atoms with Crippen LogP contribution in [0.4, 0.5) is 0 Å². The Hall–Kier alpha value is -1.38. The molecule has 0 saturated heterocycles. The van der Waals surface area contributed by atoms with Crippen LogP contribution in [-0.4, -0.2) is 11.8 Å². The molecule has 112 valence electrons. The molecule has 3 nitrogen and oxygen atoms in total. The molecule has 20 heavy (non-hydrogen) atoms. The van der Waals surface area contributed by atoms with Gasteiger partial charge in [-0.25, -0.2) is 0 Å². The van der Waals surface area contributed by atoms with Gasteiger partial charge in [0.1, 0.15) is 5.76 Å². The van der Waals surface area contributed by atoms with Crippen LogP contribution in [0.1, 0.15) is 70.6 Å². The van der Waals surface area contributed by atoms with E-state index in [0.29, 0.717) is 25.0 Å². The summed E-state index contributed by atoms with van der Waals surface area (Å²) >= 11 is 0. The van der Waals surface area contributed by atoms with Gasteiger partial charge in [-0.05, 0) is 25.7 Å². The van der Waals surface area contributed by atoms with Crippen molar-refractivity contribution in [2.75, 3.05) is 0 Å². The van der Waals surface area contributed by atoms with Crippen LogP contribution in [-0.2, 0) is 14.3 Å². The van der Waals surface area contributed by atoms with Gasteiger partial charge >= 0.3 is 5.97 Å². The summed E-state index contributed by atoms with van der Waals surface area (Å²) in [6, 6.07) is 0. The Morgan fingerprint density at radius 2 is 1.85 bits per heavy atom. The van der Waals surface area contributed by atoms with Crippen LogP contribution in [0.3, 0.4) is 0 Å². The number of carbonyl (C=O) groups excluding carboxylic acids is 2. The van der Waals surface area contributed by atoms with Crippen molar-refractivity contribution >= 4 is 11.8 Å². The van der Waals surface area contributed by atoms with Crippen molar-refractivity contribution in [2.24, 2.45) is 0 Å². The molecule has 0 aromatic heterocycles. The smallest absolute Gasteiger partial charge is 0.310 e.